The molecule has 1 aromatic rings. The Bertz CT molecular complexity index is 557. The summed E-state index contributed by atoms with van der Waals surface area (Å²) < 4.78 is 0. The van der Waals surface area contributed by atoms with Crippen molar-refractivity contribution in [3.8, 4) is 0 Å². The maximum atomic E-state index is 3.27. The molecule has 1 saturated carbocycles. The van der Waals surface area contributed by atoms with Crippen molar-refractivity contribution in [2.45, 2.75) is 59.3 Å². The zero-order chi connectivity index (χ0) is 16.2. The summed E-state index contributed by atoms with van der Waals surface area (Å²) in [5, 5.41) is 0. The predicted octanol–water partition coefficient (Wildman–Crippen LogP) is 6.18. The molecule has 1 aliphatic rings. The van der Waals surface area contributed by atoms with E-state index in [9.17, 15) is 0 Å². The second kappa shape index (κ2) is 6.73. The number of aromatic nitrogens is 1. The van der Waals surface area contributed by atoms with Crippen LogP contribution in [0.5, 0.6) is 0 Å². The van der Waals surface area contributed by atoms with Crippen LogP contribution >= 0.6 is 0 Å². The van der Waals surface area contributed by atoms with Gasteiger partial charge in [-0.25, -0.2) is 0 Å². The van der Waals surface area contributed by atoms with Crippen LogP contribution in [0.2, 0.25) is 0 Å². The van der Waals surface area contributed by atoms with Crippen molar-refractivity contribution in [1.82, 2.24) is 4.98 Å². The van der Waals surface area contributed by atoms with Gasteiger partial charge in [0.15, 0.2) is 0 Å². The number of allylic oxidation sites excluding steroid dienone is 6. The maximum absolute atomic E-state index is 3.27. The first-order valence-corrected chi connectivity index (χ1v) is 8.53. The van der Waals surface area contributed by atoms with Crippen LogP contribution in [-0.2, 0) is 5.41 Å². The lowest BCUT2D eigenvalue weighted by atomic mass is 9.55. The Labute approximate surface area is 136 Å². The number of aromatic amines is 1. The van der Waals surface area contributed by atoms with Crippen molar-refractivity contribution in [1.29, 1.82) is 0 Å². The van der Waals surface area contributed by atoms with Crippen molar-refractivity contribution in [2.75, 3.05) is 0 Å². The summed E-state index contributed by atoms with van der Waals surface area (Å²) in [6.07, 6.45) is 19.0. The summed E-state index contributed by atoms with van der Waals surface area (Å²) in [5.74, 6) is 0.740. The van der Waals surface area contributed by atoms with Gasteiger partial charge in [-0.15, -0.1) is 0 Å². The molecule has 0 radical (unpaired) electrons. The van der Waals surface area contributed by atoms with E-state index in [-0.39, 0.29) is 5.41 Å². The molecule has 0 spiro atoms. The van der Waals surface area contributed by atoms with E-state index in [0.717, 1.165) is 5.92 Å². The first-order chi connectivity index (χ1) is 10.4. The molecular formula is C21H31N. The minimum atomic E-state index is 0.133. The Morgan fingerprint density at radius 1 is 1.23 bits per heavy atom. The van der Waals surface area contributed by atoms with E-state index < -0.39 is 0 Å². The SMILES string of the molecule is C\C=C/C=C\C(=C/C)C1(c2cc[nH]c2)CC(C)CC(C)(C)C1. The lowest BCUT2D eigenvalue weighted by molar-refractivity contribution is 0.126. The summed E-state index contributed by atoms with van der Waals surface area (Å²) >= 11 is 0. The minimum absolute atomic E-state index is 0.133. The first kappa shape index (κ1) is 16.9. The Balaban J connectivity index is 2.51. The zero-order valence-electron chi connectivity index (χ0n) is 14.8. The predicted molar refractivity (Wildman–Crippen MR) is 97.0 cm³/mol. The Morgan fingerprint density at radius 2 is 2.00 bits per heavy atom. The monoisotopic (exact) mass is 297 g/mol. The van der Waals surface area contributed by atoms with Crippen molar-refractivity contribution < 1.29 is 0 Å². The smallest absolute Gasteiger partial charge is 0.0222 e. The Kier molecular flexibility index (Phi) is 5.16. The average Bonchev–Trinajstić information content (AvgIpc) is 2.95. The second-order valence-corrected chi connectivity index (χ2v) is 7.67. The molecule has 22 heavy (non-hydrogen) atoms. The van der Waals surface area contributed by atoms with Crippen LogP contribution in [0.1, 0.15) is 59.4 Å². The van der Waals surface area contributed by atoms with E-state index in [1.54, 1.807) is 0 Å². The fraction of sp³-hybridized carbons (Fsp3) is 0.524. The van der Waals surface area contributed by atoms with Gasteiger partial charge in [0.1, 0.15) is 0 Å². The molecule has 2 atom stereocenters. The third kappa shape index (κ3) is 3.45. The number of hydrogen-bond acceptors (Lipinski definition) is 0. The highest BCUT2D eigenvalue weighted by Crippen LogP contribution is 2.53. The zero-order valence-corrected chi connectivity index (χ0v) is 14.8. The molecule has 1 heterocycles. The minimum Gasteiger partial charge on any atom is -0.367 e. The van der Waals surface area contributed by atoms with E-state index in [1.807, 2.05) is 0 Å². The highest BCUT2D eigenvalue weighted by molar-refractivity contribution is 5.43. The summed E-state index contributed by atoms with van der Waals surface area (Å²) in [6.45, 7) is 11.5. The number of hydrogen-bond donors (Lipinski definition) is 1. The van der Waals surface area contributed by atoms with Crippen LogP contribution in [0, 0.1) is 11.3 Å². The molecule has 0 aromatic carbocycles. The fourth-order valence-corrected chi connectivity index (χ4v) is 4.60. The van der Waals surface area contributed by atoms with Gasteiger partial charge in [-0.1, -0.05) is 51.2 Å². The van der Waals surface area contributed by atoms with E-state index in [2.05, 4.69) is 88.4 Å². The van der Waals surface area contributed by atoms with E-state index in [0.29, 0.717) is 5.41 Å². The summed E-state index contributed by atoms with van der Waals surface area (Å²) in [5.41, 5.74) is 3.39. The summed E-state index contributed by atoms with van der Waals surface area (Å²) in [7, 11) is 0. The molecule has 1 heteroatoms. The molecule has 0 saturated heterocycles. The van der Waals surface area contributed by atoms with Gasteiger partial charge in [0.2, 0.25) is 0 Å². The van der Waals surface area contributed by atoms with Crippen LogP contribution < -0.4 is 0 Å². The molecular weight excluding hydrogens is 266 g/mol. The van der Waals surface area contributed by atoms with Gasteiger partial charge in [-0.2, -0.15) is 0 Å². The van der Waals surface area contributed by atoms with Crippen molar-refractivity contribution in [3.63, 3.8) is 0 Å². The normalized spacial score (nSPS) is 29.5. The van der Waals surface area contributed by atoms with E-state index in [4.69, 9.17) is 0 Å². The van der Waals surface area contributed by atoms with Crippen LogP contribution in [-0.4, -0.2) is 4.98 Å². The number of rotatable bonds is 4. The standard InChI is InChI=1S/C21H31N/c1-6-8-9-10-18(7-2)21(19-11-12-22-15-19)14-17(3)13-20(4,5)16-21/h6-12,15,17,22H,13-14,16H2,1-5H3/b8-6-,10-9-,18-7+. The summed E-state index contributed by atoms with van der Waals surface area (Å²) in [4.78, 5) is 3.27. The largest absolute Gasteiger partial charge is 0.367 e. The van der Waals surface area contributed by atoms with Gasteiger partial charge < -0.3 is 4.98 Å². The number of nitrogens with one attached hydrogen (secondary N) is 1. The lowest BCUT2D eigenvalue weighted by Gasteiger charge is -2.48. The molecule has 1 N–H and O–H groups in total. The average molecular weight is 297 g/mol. The summed E-state index contributed by atoms with van der Waals surface area (Å²) in [6, 6.07) is 2.26. The van der Waals surface area contributed by atoms with Gasteiger partial charge >= 0.3 is 0 Å². The molecule has 2 unspecified atom stereocenters. The molecule has 1 fully saturated rings. The molecule has 0 aliphatic heterocycles. The lowest BCUT2D eigenvalue weighted by Crippen LogP contribution is -2.41. The van der Waals surface area contributed by atoms with Crippen LogP contribution in [0.4, 0.5) is 0 Å². The van der Waals surface area contributed by atoms with E-state index >= 15 is 0 Å². The van der Waals surface area contributed by atoms with Gasteiger partial charge in [-0.05, 0) is 61.6 Å². The Morgan fingerprint density at radius 3 is 2.55 bits per heavy atom. The van der Waals surface area contributed by atoms with Gasteiger partial charge in [0.25, 0.3) is 0 Å². The second-order valence-electron chi connectivity index (χ2n) is 7.67. The van der Waals surface area contributed by atoms with E-state index in [1.165, 1.54) is 30.4 Å². The highest BCUT2D eigenvalue weighted by Gasteiger charge is 2.45. The highest BCUT2D eigenvalue weighted by atomic mass is 14.6. The molecule has 0 amide bonds. The molecule has 1 aliphatic carbocycles. The maximum Gasteiger partial charge on any atom is 0.0222 e. The number of H-pyrrole nitrogens is 1. The molecule has 1 nitrogen and oxygen atoms in total. The van der Waals surface area contributed by atoms with Gasteiger partial charge in [0.05, 0.1) is 0 Å². The van der Waals surface area contributed by atoms with Gasteiger partial charge in [0, 0.05) is 17.8 Å². The first-order valence-electron chi connectivity index (χ1n) is 8.53. The van der Waals surface area contributed by atoms with Crippen molar-refractivity contribution in [2.24, 2.45) is 11.3 Å². The topological polar surface area (TPSA) is 15.8 Å². The van der Waals surface area contributed by atoms with Crippen LogP contribution in [0.25, 0.3) is 0 Å². The molecule has 2 rings (SSSR count). The van der Waals surface area contributed by atoms with Crippen molar-refractivity contribution in [3.05, 3.63) is 60.0 Å². The van der Waals surface area contributed by atoms with Crippen molar-refractivity contribution >= 4 is 0 Å². The quantitative estimate of drug-likeness (QED) is 0.639. The molecule has 120 valence electrons. The molecule has 1 aromatic heterocycles. The van der Waals surface area contributed by atoms with Gasteiger partial charge in [-0.3, -0.25) is 0 Å². The Hall–Kier alpha value is -1.50. The fourth-order valence-electron chi connectivity index (χ4n) is 4.60. The third-order valence-corrected chi connectivity index (χ3v) is 4.97. The third-order valence-electron chi connectivity index (χ3n) is 4.97. The van der Waals surface area contributed by atoms with Crippen LogP contribution in [0.3, 0.4) is 0 Å². The van der Waals surface area contributed by atoms with Crippen LogP contribution in [0.15, 0.2) is 54.4 Å². The molecule has 0 bridgehead atoms.